The van der Waals surface area contributed by atoms with Crippen molar-refractivity contribution in [1.29, 1.82) is 0 Å². The highest BCUT2D eigenvalue weighted by Crippen LogP contribution is 2.17. The lowest BCUT2D eigenvalue weighted by Gasteiger charge is -2.07. The van der Waals surface area contributed by atoms with Crippen LogP contribution in [0.1, 0.15) is 11.6 Å². The van der Waals surface area contributed by atoms with Gasteiger partial charge in [0.1, 0.15) is 6.61 Å². The molecule has 13 heavy (non-hydrogen) atoms. The summed E-state index contributed by atoms with van der Waals surface area (Å²) in [5.74, 6) is 0.0378. The van der Waals surface area contributed by atoms with E-state index in [1.807, 2.05) is 11.5 Å². The van der Waals surface area contributed by atoms with Crippen LogP contribution in [0.3, 0.4) is 0 Å². The van der Waals surface area contributed by atoms with Crippen molar-refractivity contribution in [1.82, 2.24) is 4.98 Å². The molecule has 1 rings (SSSR count). The van der Waals surface area contributed by atoms with Crippen LogP contribution in [-0.4, -0.2) is 18.1 Å². The van der Waals surface area contributed by atoms with Crippen LogP contribution in [0.2, 0.25) is 0 Å². The van der Waals surface area contributed by atoms with Gasteiger partial charge in [-0.2, -0.15) is 0 Å². The number of rotatable bonds is 5. The first-order valence-corrected chi connectivity index (χ1v) is 5.44. The Bertz CT molecular complexity index is 274. The molecule has 1 aromatic heterocycles. The van der Waals surface area contributed by atoms with Crippen molar-refractivity contribution in [3.8, 4) is 0 Å². The molecule has 3 nitrogen and oxygen atoms in total. The smallest absolute Gasteiger partial charge is 0.293 e. The molecule has 0 amide bonds. The molecule has 0 saturated carbocycles. The van der Waals surface area contributed by atoms with Crippen LogP contribution < -0.4 is 0 Å². The van der Waals surface area contributed by atoms with E-state index in [-0.39, 0.29) is 5.92 Å². The zero-order valence-corrected chi connectivity index (χ0v) is 9.12. The van der Waals surface area contributed by atoms with Crippen LogP contribution in [0.15, 0.2) is 22.0 Å². The Morgan fingerprint density at radius 2 is 2.62 bits per heavy atom. The molecule has 5 heteroatoms. The van der Waals surface area contributed by atoms with Gasteiger partial charge in [0, 0.05) is 5.38 Å². The molecule has 0 aromatic carbocycles. The quantitative estimate of drug-likeness (QED) is 0.764. The molecular weight excluding hydrogens is 254 g/mol. The van der Waals surface area contributed by atoms with Crippen LogP contribution in [0, 0.1) is 0 Å². The standard InChI is InChI=1S/C8H8BrNO2S/c9-2-1-7(3-12-6-11)8-4-13-5-10-8/h1-2,4-7H,3H2. The minimum atomic E-state index is 0.0378. The van der Waals surface area contributed by atoms with E-state index in [0.29, 0.717) is 13.1 Å². The van der Waals surface area contributed by atoms with Gasteiger partial charge in [-0.25, -0.2) is 4.98 Å². The van der Waals surface area contributed by atoms with Crippen molar-refractivity contribution in [2.75, 3.05) is 6.61 Å². The zero-order valence-electron chi connectivity index (χ0n) is 6.72. The largest absolute Gasteiger partial charge is 0.467 e. The Balaban J connectivity index is 2.62. The normalized spacial score (nSPS) is 13.0. The Morgan fingerprint density at radius 3 is 3.15 bits per heavy atom. The van der Waals surface area contributed by atoms with E-state index in [2.05, 4.69) is 25.7 Å². The number of halogens is 1. The number of hydrogen-bond donors (Lipinski definition) is 0. The molecule has 0 spiro atoms. The van der Waals surface area contributed by atoms with Crippen molar-refractivity contribution in [3.05, 3.63) is 27.6 Å². The molecule has 1 aromatic rings. The van der Waals surface area contributed by atoms with Gasteiger partial charge in [-0.05, 0) is 4.99 Å². The van der Waals surface area contributed by atoms with Crippen LogP contribution in [0.4, 0.5) is 0 Å². The van der Waals surface area contributed by atoms with E-state index in [0.717, 1.165) is 5.69 Å². The minimum absolute atomic E-state index is 0.0378. The second kappa shape index (κ2) is 5.88. The molecule has 1 unspecified atom stereocenters. The topological polar surface area (TPSA) is 39.2 Å². The predicted octanol–water partition coefficient (Wildman–Crippen LogP) is 2.31. The van der Waals surface area contributed by atoms with Crippen molar-refractivity contribution in [3.63, 3.8) is 0 Å². The summed E-state index contributed by atoms with van der Waals surface area (Å²) >= 11 is 4.70. The molecule has 1 heterocycles. The van der Waals surface area contributed by atoms with E-state index in [1.165, 1.54) is 11.3 Å². The summed E-state index contributed by atoms with van der Waals surface area (Å²) in [7, 11) is 0. The Morgan fingerprint density at radius 1 is 1.77 bits per heavy atom. The molecule has 0 radical (unpaired) electrons. The first-order chi connectivity index (χ1) is 6.38. The molecule has 0 aliphatic heterocycles. The van der Waals surface area contributed by atoms with Gasteiger partial charge in [-0.15, -0.1) is 11.3 Å². The Labute approximate surface area is 88.6 Å². The fourth-order valence-corrected chi connectivity index (χ4v) is 1.86. The van der Waals surface area contributed by atoms with Gasteiger partial charge in [0.05, 0.1) is 17.1 Å². The average Bonchev–Trinajstić information content (AvgIpc) is 2.65. The summed E-state index contributed by atoms with van der Waals surface area (Å²) in [6.07, 6.45) is 1.89. The lowest BCUT2D eigenvalue weighted by molar-refractivity contribution is -0.128. The fourth-order valence-electron chi connectivity index (χ4n) is 0.875. The van der Waals surface area contributed by atoms with Crippen LogP contribution >= 0.6 is 27.3 Å². The van der Waals surface area contributed by atoms with Gasteiger partial charge in [-0.3, -0.25) is 4.79 Å². The molecule has 0 N–H and O–H groups in total. The molecule has 0 aliphatic rings. The summed E-state index contributed by atoms with van der Waals surface area (Å²) in [5, 5.41) is 1.94. The van der Waals surface area contributed by atoms with E-state index < -0.39 is 0 Å². The highest BCUT2D eigenvalue weighted by atomic mass is 79.9. The second-order valence-corrected chi connectivity index (χ2v) is 3.52. The lowest BCUT2D eigenvalue weighted by Crippen LogP contribution is -2.04. The monoisotopic (exact) mass is 261 g/mol. The maximum absolute atomic E-state index is 10.0. The van der Waals surface area contributed by atoms with Crippen LogP contribution in [0.5, 0.6) is 0 Å². The predicted molar refractivity (Wildman–Crippen MR) is 54.9 cm³/mol. The third-order valence-corrected chi connectivity index (χ3v) is 2.39. The zero-order chi connectivity index (χ0) is 9.52. The molecule has 1 atom stereocenters. The van der Waals surface area contributed by atoms with E-state index >= 15 is 0 Å². The number of aromatic nitrogens is 1. The van der Waals surface area contributed by atoms with Gasteiger partial charge >= 0.3 is 0 Å². The third-order valence-electron chi connectivity index (χ3n) is 1.48. The number of nitrogens with zero attached hydrogens (tertiary/aromatic N) is 1. The summed E-state index contributed by atoms with van der Waals surface area (Å²) < 4.78 is 4.68. The van der Waals surface area contributed by atoms with Gasteiger partial charge < -0.3 is 4.74 Å². The van der Waals surface area contributed by atoms with E-state index in [4.69, 9.17) is 0 Å². The van der Waals surface area contributed by atoms with Crippen molar-refractivity contribution in [2.45, 2.75) is 5.92 Å². The molecule has 0 saturated heterocycles. The summed E-state index contributed by atoms with van der Waals surface area (Å²) in [6, 6.07) is 0. The molecule has 70 valence electrons. The minimum Gasteiger partial charge on any atom is -0.467 e. The van der Waals surface area contributed by atoms with Crippen LogP contribution in [0.25, 0.3) is 0 Å². The van der Waals surface area contributed by atoms with E-state index in [1.54, 1.807) is 10.5 Å². The second-order valence-electron chi connectivity index (χ2n) is 2.27. The molecule has 0 fully saturated rings. The van der Waals surface area contributed by atoms with Crippen molar-refractivity contribution >= 4 is 33.7 Å². The average molecular weight is 262 g/mol. The number of thiazole rings is 1. The van der Waals surface area contributed by atoms with Crippen molar-refractivity contribution < 1.29 is 9.53 Å². The Hall–Kier alpha value is -0.680. The first kappa shape index (κ1) is 10.4. The first-order valence-electron chi connectivity index (χ1n) is 3.58. The third kappa shape index (κ3) is 3.28. The lowest BCUT2D eigenvalue weighted by atomic mass is 10.1. The number of hydrogen-bond acceptors (Lipinski definition) is 4. The summed E-state index contributed by atoms with van der Waals surface area (Å²) in [4.78, 5) is 15.9. The maximum Gasteiger partial charge on any atom is 0.293 e. The van der Waals surface area contributed by atoms with Gasteiger partial charge in [-0.1, -0.05) is 22.0 Å². The SMILES string of the molecule is O=COCC(C=CBr)c1cscn1. The summed E-state index contributed by atoms with van der Waals surface area (Å²) in [6.45, 7) is 0.775. The highest BCUT2D eigenvalue weighted by Gasteiger charge is 2.09. The summed E-state index contributed by atoms with van der Waals surface area (Å²) in [5.41, 5.74) is 2.67. The van der Waals surface area contributed by atoms with Gasteiger partial charge in [0.25, 0.3) is 6.47 Å². The van der Waals surface area contributed by atoms with Gasteiger partial charge in [0.2, 0.25) is 0 Å². The number of carbonyl (C=O) groups is 1. The van der Waals surface area contributed by atoms with Crippen LogP contribution in [-0.2, 0) is 9.53 Å². The van der Waals surface area contributed by atoms with Gasteiger partial charge in [0.15, 0.2) is 0 Å². The molecule has 0 bridgehead atoms. The van der Waals surface area contributed by atoms with E-state index in [9.17, 15) is 4.79 Å². The molecular formula is C8H8BrNO2S. The molecule has 0 aliphatic carbocycles. The number of ether oxygens (including phenoxy) is 1. The number of carbonyl (C=O) groups excluding carboxylic acids is 1. The fraction of sp³-hybridized carbons (Fsp3) is 0.250. The van der Waals surface area contributed by atoms with Crippen molar-refractivity contribution in [2.24, 2.45) is 0 Å². The maximum atomic E-state index is 10.0. The Kier molecular flexibility index (Phi) is 4.70. The highest BCUT2D eigenvalue weighted by molar-refractivity contribution is 9.11.